The van der Waals surface area contributed by atoms with Crippen LogP contribution in [-0.4, -0.2) is 9.97 Å². The van der Waals surface area contributed by atoms with Crippen molar-refractivity contribution in [3.63, 3.8) is 0 Å². The standard InChI is InChI=1S/C18H14ClN3/c19-12-5-6-16-14(8-12)15(10-21-16)18-7-11(9-20)13-3-1-2-4-17(13)22-18/h1-8,10,21H,9,20H2. The van der Waals surface area contributed by atoms with Crippen LogP contribution >= 0.6 is 11.6 Å². The summed E-state index contributed by atoms with van der Waals surface area (Å²) in [4.78, 5) is 8.06. The Kier molecular flexibility index (Phi) is 3.10. The normalized spacial score (nSPS) is 11.4. The molecular weight excluding hydrogens is 294 g/mol. The van der Waals surface area contributed by atoms with Crippen LogP contribution in [0.3, 0.4) is 0 Å². The zero-order valence-corrected chi connectivity index (χ0v) is 12.6. The summed E-state index contributed by atoms with van der Waals surface area (Å²) in [7, 11) is 0. The van der Waals surface area contributed by atoms with E-state index in [1.165, 1.54) is 0 Å². The summed E-state index contributed by atoms with van der Waals surface area (Å²) < 4.78 is 0. The van der Waals surface area contributed by atoms with Crippen LogP contribution in [0.2, 0.25) is 5.02 Å². The molecule has 0 aliphatic rings. The molecule has 2 heterocycles. The Morgan fingerprint density at radius 2 is 1.91 bits per heavy atom. The summed E-state index contributed by atoms with van der Waals surface area (Å²) in [5.74, 6) is 0. The number of hydrogen-bond acceptors (Lipinski definition) is 2. The largest absolute Gasteiger partial charge is 0.360 e. The lowest BCUT2D eigenvalue weighted by atomic mass is 10.0. The van der Waals surface area contributed by atoms with Crippen molar-refractivity contribution >= 4 is 33.4 Å². The Bertz CT molecular complexity index is 988. The third-order valence-corrected chi connectivity index (χ3v) is 4.18. The van der Waals surface area contributed by atoms with Crippen LogP contribution in [0.4, 0.5) is 0 Å². The molecule has 0 aliphatic carbocycles. The Hall–Kier alpha value is -2.36. The molecule has 0 spiro atoms. The van der Waals surface area contributed by atoms with Crippen molar-refractivity contribution in [2.24, 2.45) is 5.73 Å². The first-order valence-electron chi connectivity index (χ1n) is 7.12. The van der Waals surface area contributed by atoms with E-state index in [9.17, 15) is 0 Å². The zero-order valence-electron chi connectivity index (χ0n) is 11.8. The molecule has 0 radical (unpaired) electrons. The number of nitrogens with one attached hydrogen (secondary N) is 1. The molecule has 0 atom stereocenters. The van der Waals surface area contributed by atoms with Crippen molar-refractivity contribution in [2.75, 3.05) is 0 Å². The van der Waals surface area contributed by atoms with Gasteiger partial charge in [0.25, 0.3) is 0 Å². The molecule has 4 aromatic rings. The molecule has 4 rings (SSSR count). The maximum Gasteiger partial charge on any atom is 0.0734 e. The van der Waals surface area contributed by atoms with Gasteiger partial charge in [-0.1, -0.05) is 29.8 Å². The van der Waals surface area contributed by atoms with E-state index in [1.54, 1.807) is 0 Å². The zero-order chi connectivity index (χ0) is 15.1. The second-order valence-electron chi connectivity index (χ2n) is 5.28. The number of fused-ring (bicyclic) bond motifs is 2. The number of pyridine rings is 1. The van der Waals surface area contributed by atoms with Gasteiger partial charge in [-0.25, -0.2) is 4.98 Å². The highest BCUT2D eigenvalue weighted by atomic mass is 35.5. The van der Waals surface area contributed by atoms with Gasteiger partial charge >= 0.3 is 0 Å². The minimum absolute atomic E-state index is 0.485. The van der Waals surface area contributed by atoms with Crippen LogP contribution in [0.1, 0.15) is 5.56 Å². The molecule has 0 aliphatic heterocycles. The first-order chi connectivity index (χ1) is 10.8. The first kappa shape index (κ1) is 13.3. The first-order valence-corrected chi connectivity index (χ1v) is 7.50. The van der Waals surface area contributed by atoms with Crippen molar-refractivity contribution in [2.45, 2.75) is 6.54 Å². The Morgan fingerprint density at radius 3 is 2.77 bits per heavy atom. The number of nitrogens with zero attached hydrogens (tertiary/aromatic N) is 1. The fourth-order valence-electron chi connectivity index (χ4n) is 2.86. The maximum atomic E-state index is 6.13. The Morgan fingerprint density at radius 1 is 1.05 bits per heavy atom. The summed E-state index contributed by atoms with van der Waals surface area (Å²) in [6.07, 6.45) is 1.97. The number of aromatic amines is 1. The molecular formula is C18H14ClN3. The van der Waals surface area contributed by atoms with Crippen LogP contribution in [-0.2, 0) is 6.54 Å². The van der Waals surface area contributed by atoms with Crippen LogP contribution in [0.25, 0.3) is 33.1 Å². The van der Waals surface area contributed by atoms with E-state index in [0.29, 0.717) is 11.6 Å². The molecule has 0 fully saturated rings. The van der Waals surface area contributed by atoms with Gasteiger partial charge in [0.2, 0.25) is 0 Å². The number of H-pyrrole nitrogens is 1. The highest BCUT2D eigenvalue weighted by Gasteiger charge is 2.11. The van der Waals surface area contributed by atoms with Gasteiger partial charge in [-0.05, 0) is 35.9 Å². The molecule has 2 aromatic heterocycles. The summed E-state index contributed by atoms with van der Waals surface area (Å²) in [6, 6.07) is 15.9. The highest BCUT2D eigenvalue weighted by Crippen LogP contribution is 2.31. The van der Waals surface area contributed by atoms with Gasteiger partial charge in [0.15, 0.2) is 0 Å². The van der Waals surface area contributed by atoms with Gasteiger partial charge in [0, 0.05) is 39.6 Å². The topological polar surface area (TPSA) is 54.7 Å². The number of nitrogens with two attached hydrogens (primary N) is 1. The summed E-state index contributed by atoms with van der Waals surface area (Å²) >= 11 is 6.13. The predicted molar refractivity (Wildman–Crippen MR) is 91.9 cm³/mol. The van der Waals surface area contributed by atoms with Gasteiger partial charge in [0.05, 0.1) is 11.2 Å². The molecule has 0 bridgehead atoms. The lowest BCUT2D eigenvalue weighted by molar-refractivity contribution is 1.08. The number of aromatic nitrogens is 2. The third-order valence-electron chi connectivity index (χ3n) is 3.94. The van der Waals surface area contributed by atoms with Gasteiger partial charge in [-0.3, -0.25) is 0 Å². The van der Waals surface area contributed by atoms with Crippen LogP contribution in [0, 0.1) is 0 Å². The minimum atomic E-state index is 0.485. The van der Waals surface area contributed by atoms with Crippen molar-refractivity contribution < 1.29 is 0 Å². The average Bonchev–Trinajstić information content (AvgIpc) is 2.96. The van der Waals surface area contributed by atoms with Crippen molar-refractivity contribution in [3.05, 3.63) is 65.3 Å². The SMILES string of the molecule is NCc1cc(-c2c[nH]c3ccc(Cl)cc23)nc2ccccc12. The summed E-state index contributed by atoms with van der Waals surface area (Å²) in [5, 5.41) is 2.89. The monoisotopic (exact) mass is 307 g/mol. The van der Waals surface area contributed by atoms with Gasteiger partial charge in [-0.2, -0.15) is 0 Å². The number of para-hydroxylation sites is 1. The van der Waals surface area contributed by atoms with E-state index < -0.39 is 0 Å². The molecule has 4 heteroatoms. The lowest BCUT2D eigenvalue weighted by Crippen LogP contribution is -1.99. The van der Waals surface area contributed by atoms with E-state index in [2.05, 4.69) is 17.1 Å². The average molecular weight is 308 g/mol. The smallest absolute Gasteiger partial charge is 0.0734 e. The van der Waals surface area contributed by atoms with Gasteiger partial charge < -0.3 is 10.7 Å². The molecule has 3 N–H and O–H groups in total. The minimum Gasteiger partial charge on any atom is -0.360 e. The van der Waals surface area contributed by atoms with Crippen molar-refractivity contribution in [1.29, 1.82) is 0 Å². The summed E-state index contributed by atoms with van der Waals surface area (Å²) in [6.45, 7) is 0.485. The van der Waals surface area contributed by atoms with E-state index in [4.69, 9.17) is 22.3 Å². The van der Waals surface area contributed by atoms with E-state index in [0.717, 1.165) is 38.6 Å². The number of rotatable bonds is 2. The van der Waals surface area contributed by atoms with E-state index in [1.807, 2.05) is 42.6 Å². The van der Waals surface area contributed by atoms with Crippen molar-refractivity contribution in [1.82, 2.24) is 9.97 Å². The number of hydrogen-bond donors (Lipinski definition) is 2. The molecule has 0 unspecified atom stereocenters. The molecule has 0 amide bonds. The molecule has 22 heavy (non-hydrogen) atoms. The highest BCUT2D eigenvalue weighted by molar-refractivity contribution is 6.31. The second-order valence-corrected chi connectivity index (χ2v) is 5.72. The molecule has 2 aromatic carbocycles. The predicted octanol–water partition coefficient (Wildman–Crippen LogP) is 4.50. The molecule has 108 valence electrons. The maximum absolute atomic E-state index is 6.13. The molecule has 3 nitrogen and oxygen atoms in total. The third kappa shape index (κ3) is 2.06. The van der Waals surface area contributed by atoms with Crippen molar-refractivity contribution in [3.8, 4) is 11.3 Å². The Balaban J connectivity index is 2.02. The fourth-order valence-corrected chi connectivity index (χ4v) is 3.03. The molecule has 0 saturated heterocycles. The van der Waals surface area contributed by atoms with Gasteiger partial charge in [0.1, 0.15) is 0 Å². The number of halogens is 1. The van der Waals surface area contributed by atoms with Crippen LogP contribution in [0.15, 0.2) is 54.7 Å². The van der Waals surface area contributed by atoms with Gasteiger partial charge in [-0.15, -0.1) is 0 Å². The molecule has 0 saturated carbocycles. The fraction of sp³-hybridized carbons (Fsp3) is 0.0556. The Labute approximate surface area is 132 Å². The van der Waals surface area contributed by atoms with Crippen LogP contribution in [0.5, 0.6) is 0 Å². The van der Waals surface area contributed by atoms with Crippen LogP contribution < -0.4 is 5.73 Å². The van der Waals surface area contributed by atoms with E-state index in [-0.39, 0.29) is 0 Å². The van der Waals surface area contributed by atoms with E-state index >= 15 is 0 Å². The quantitative estimate of drug-likeness (QED) is 0.573. The summed E-state index contributed by atoms with van der Waals surface area (Å²) in [5.41, 5.74) is 11.0. The second kappa shape index (κ2) is 5.13. The lowest BCUT2D eigenvalue weighted by Gasteiger charge is -2.07. The number of benzene rings is 2.